The third kappa shape index (κ3) is 3.86. The summed E-state index contributed by atoms with van der Waals surface area (Å²) in [6.07, 6.45) is 0. The monoisotopic (exact) mass is 366 g/mol. The van der Waals surface area contributed by atoms with Crippen molar-refractivity contribution in [1.82, 2.24) is 0 Å². The lowest BCUT2D eigenvalue weighted by molar-refractivity contribution is 0.0920. The molecule has 0 aliphatic carbocycles. The quantitative estimate of drug-likeness (QED) is 0.686. The molecule has 2 rings (SSSR count). The number of aryl methyl sites for hydroxylation is 3. The molecule has 0 bridgehead atoms. The Balaban J connectivity index is 2.16. The van der Waals surface area contributed by atoms with E-state index in [1.807, 2.05) is 32.9 Å². The largest absolute Gasteiger partial charge is 0.484 e. The maximum absolute atomic E-state index is 12.4. The van der Waals surface area contributed by atoms with E-state index >= 15 is 0 Å². The van der Waals surface area contributed by atoms with Crippen LogP contribution in [0.4, 0.5) is 0 Å². The highest BCUT2D eigenvalue weighted by molar-refractivity contribution is 9.10. The van der Waals surface area contributed by atoms with Gasteiger partial charge in [0.15, 0.2) is 6.61 Å². The minimum Gasteiger partial charge on any atom is -0.484 e. The van der Waals surface area contributed by atoms with Crippen LogP contribution in [0.5, 0.6) is 5.75 Å². The van der Waals surface area contributed by atoms with Gasteiger partial charge in [-0.3, -0.25) is 4.79 Å². The summed E-state index contributed by atoms with van der Waals surface area (Å²) < 4.78 is 6.33. The molecule has 2 aromatic rings. The van der Waals surface area contributed by atoms with Gasteiger partial charge in [0.1, 0.15) is 5.75 Å². The number of halogens is 2. The summed E-state index contributed by atoms with van der Waals surface area (Å²) in [6, 6.07) is 9.24. The number of ether oxygens (including phenoxy) is 1. The average molecular weight is 368 g/mol. The maximum Gasteiger partial charge on any atom is 0.200 e. The normalized spacial score (nSPS) is 10.5. The van der Waals surface area contributed by atoms with Crippen LogP contribution in [0.3, 0.4) is 0 Å². The highest BCUT2D eigenvalue weighted by Crippen LogP contribution is 2.28. The van der Waals surface area contributed by atoms with E-state index in [1.165, 1.54) is 0 Å². The molecule has 0 radical (unpaired) electrons. The summed E-state index contributed by atoms with van der Waals surface area (Å²) >= 11 is 9.25. The molecule has 4 heteroatoms. The Kier molecular flexibility index (Phi) is 5.07. The Labute approximate surface area is 138 Å². The first kappa shape index (κ1) is 16.1. The Morgan fingerprint density at radius 3 is 2.33 bits per heavy atom. The molecule has 0 unspecified atom stereocenters. The number of ketones is 1. The summed E-state index contributed by atoms with van der Waals surface area (Å²) in [4.78, 5) is 12.4. The second-order valence-electron chi connectivity index (χ2n) is 5.06. The highest BCUT2D eigenvalue weighted by Gasteiger charge is 2.14. The Morgan fingerprint density at radius 2 is 1.76 bits per heavy atom. The number of Topliss-reactive ketones (excluding diaryl/α,β-unsaturated/α-hetero) is 1. The molecule has 0 saturated heterocycles. The zero-order valence-electron chi connectivity index (χ0n) is 12.2. The fourth-order valence-electron chi connectivity index (χ4n) is 2.43. The minimum absolute atomic E-state index is 0.00493. The fraction of sp³-hybridized carbons (Fsp3) is 0.235. The minimum atomic E-state index is -0.0214. The first-order valence-electron chi connectivity index (χ1n) is 6.57. The molecule has 0 atom stereocenters. The van der Waals surface area contributed by atoms with Gasteiger partial charge in [0.25, 0.3) is 0 Å². The van der Waals surface area contributed by atoms with E-state index in [9.17, 15) is 4.79 Å². The molecule has 21 heavy (non-hydrogen) atoms. The van der Waals surface area contributed by atoms with Gasteiger partial charge in [-0.05, 0) is 66.0 Å². The van der Waals surface area contributed by atoms with Crippen LogP contribution in [0.2, 0.25) is 5.02 Å². The zero-order chi connectivity index (χ0) is 15.6. The lowest BCUT2D eigenvalue weighted by Crippen LogP contribution is -2.14. The van der Waals surface area contributed by atoms with Crippen molar-refractivity contribution in [3.63, 3.8) is 0 Å². The van der Waals surface area contributed by atoms with Crippen LogP contribution in [-0.4, -0.2) is 12.4 Å². The number of carbonyl (C=O) groups excluding carboxylic acids is 1. The average Bonchev–Trinajstić information content (AvgIpc) is 2.36. The number of benzene rings is 2. The summed E-state index contributed by atoms with van der Waals surface area (Å²) in [7, 11) is 0. The number of carbonyl (C=O) groups is 1. The molecule has 0 aromatic heterocycles. The van der Waals surface area contributed by atoms with Gasteiger partial charge in [-0.15, -0.1) is 0 Å². The SMILES string of the molecule is Cc1cc(C)c(C(=O)COc2ccc(Cl)cc2Br)c(C)c1. The molecule has 0 aliphatic rings. The van der Waals surface area contributed by atoms with Crippen molar-refractivity contribution in [3.8, 4) is 5.75 Å². The molecule has 0 N–H and O–H groups in total. The van der Waals surface area contributed by atoms with Crippen LogP contribution in [-0.2, 0) is 0 Å². The van der Waals surface area contributed by atoms with Crippen LogP contribution in [0.25, 0.3) is 0 Å². The lowest BCUT2D eigenvalue weighted by atomic mass is 9.97. The van der Waals surface area contributed by atoms with Crippen LogP contribution >= 0.6 is 27.5 Å². The van der Waals surface area contributed by atoms with Crippen molar-refractivity contribution in [3.05, 3.63) is 62.1 Å². The smallest absolute Gasteiger partial charge is 0.200 e. The van der Waals surface area contributed by atoms with Crippen molar-refractivity contribution in [1.29, 1.82) is 0 Å². The molecule has 0 amide bonds. The van der Waals surface area contributed by atoms with Crippen LogP contribution < -0.4 is 4.74 Å². The van der Waals surface area contributed by atoms with Crippen molar-refractivity contribution >= 4 is 33.3 Å². The van der Waals surface area contributed by atoms with Crippen molar-refractivity contribution < 1.29 is 9.53 Å². The number of hydrogen-bond donors (Lipinski definition) is 0. The molecular formula is C17H16BrClO2. The molecule has 110 valence electrons. The summed E-state index contributed by atoms with van der Waals surface area (Å²) in [5, 5.41) is 0.616. The number of hydrogen-bond acceptors (Lipinski definition) is 2. The van der Waals surface area contributed by atoms with Crippen LogP contribution in [0.15, 0.2) is 34.8 Å². The Morgan fingerprint density at radius 1 is 1.14 bits per heavy atom. The van der Waals surface area contributed by atoms with Gasteiger partial charge in [0.05, 0.1) is 4.47 Å². The third-order valence-electron chi connectivity index (χ3n) is 3.21. The second-order valence-corrected chi connectivity index (χ2v) is 6.35. The summed E-state index contributed by atoms with van der Waals surface area (Å²) in [5.74, 6) is 0.585. The number of rotatable bonds is 4. The standard InChI is InChI=1S/C17H16BrClO2/c1-10-6-11(2)17(12(3)7-10)15(20)9-21-16-5-4-13(19)8-14(16)18/h4-8H,9H2,1-3H3. The van der Waals surface area contributed by atoms with E-state index in [0.29, 0.717) is 10.8 Å². The molecule has 0 aliphatic heterocycles. The molecule has 0 spiro atoms. The molecular weight excluding hydrogens is 352 g/mol. The first-order chi connectivity index (χ1) is 9.88. The lowest BCUT2D eigenvalue weighted by Gasteiger charge is -2.12. The Bertz CT molecular complexity index is 672. The topological polar surface area (TPSA) is 26.3 Å². The molecule has 0 heterocycles. The molecule has 2 nitrogen and oxygen atoms in total. The van der Waals surface area contributed by atoms with Gasteiger partial charge in [0.2, 0.25) is 5.78 Å². The third-order valence-corrected chi connectivity index (χ3v) is 4.06. The predicted octanol–water partition coefficient (Wildman–Crippen LogP) is 5.29. The molecule has 0 fully saturated rings. The van der Waals surface area contributed by atoms with Crippen molar-refractivity contribution in [2.24, 2.45) is 0 Å². The molecule has 2 aromatic carbocycles. The van der Waals surface area contributed by atoms with Gasteiger partial charge < -0.3 is 4.74 Å². The molecule has 0 saturated carbocycles. The second kappa shape index (κ2) is 6.63. The van der Waals surface area contributed by atoms with Crippen LogP contribution in [0, 0.1) is 20.8 Å². The van der Waals surface area contributed by atoms with Gasteiger partial charge in [-0.25, -0.2) is 0 Å². The van der Waals surface area contributed by atoms with E-state index in [1.54, 1.807) is 18.2 Å². The first-order valence-corrected chi connectivity index (χ1v) is 7.74. The summed E-state index contributed by atoms with van der Waals surface area (Å²) in [5.41, 5.74) is 3.86. The van der Waals surface area contributed by atoms with Crippen molar-refractivity contribution in [2.45, 2.75) is 20.8 Å². The van der Waals surface area contributed by atoms with Gasteiger partial charge >= 0.3 is 0 Å². The van der Waals surface area contributed by atoms with Crippen molar-refractivity contribution in [2.75, 3.05) is 6.61 Å². The fourth-order valence-corrected chi connectivity index (χ4v) is 3.22. The summed E-state index contributed by atoms with van der Waals surface area (Å²) in [6.45, 7) is 5.93. The van der Waals surface area contributed by atoms with E-state index in [0.717, 1.165) is 26.7 Å². The predicted molar refractivity (Wildman–Crippen MR) is 89.6 cm³/mol. The van der Waals surface area contributed by atoms with E-state index < -0.39 is 0 Å². The Hall–Kier alpha value is -1.32. The van der Waals surface area contributed by atoms with Gasteiger partial charge in [0, 0.05) is 10.6 Å². The van der Waals surface area contributed by atoms with E-state index in [2.05, 4.69) is 15.9 Å². The van der Waals surface area contributed by atoms with E-state index in [4.69, 9.17) is 16.3 Å². The van der Waals surface area contributed by atoms with Gasteiger partial charge in [-0.1, -0.05) is 29.3 Å². The highest BCUT2D eigenvalue weighted by atomic mass is 79.9. The zero-order valence-corrected chi connectivity index (χ0v) is 14.5. The van der Waals surface area contributed by atoms with E-state index in [-0.39, 0.29) is 12.4 Å². The van der Waals surface area contributed by atoms with Crippen LogP contribution in [0.1, 0.15) is 27.0 Å². The van der Waals surface area contributed by atoms with Gasteiger partial charge in [-0.2, -0.15) is 0 Å². The maximum atomic E-state index is 12.4.